The molecule has 0 spiro atoms. The van der Waals surface area contributed by atoms with E-state index in [-0.39, 0.29) is 11.9 Å². The quantitative estimate of drug-likeness (QED) is 0.736. The van der Waals surface area contributed by atoms with Gasteiger partial charge in [-0.05, 0) is 35.7 Å². The summed E-state index contributed by atoms with van der Waals surface area (Å²) in [6.45, 7) is 1.48. The number of fused-ring (bicyclic) bond motifs is 1. The van der Waals surface area contributed by atoms with Gasteiger partial charge in [-0.15, -0.1) is 0 Å². The molecule has 1 aliphatic rings. The second-order valence-corrected chi connectivity index (χ2v) is 6.46. The summed E-state index contributed by atoms with van der Waals surface area (Å²) in [5.74, 6) is 0.667. The SMILES string of the molecule is COc1cc2ccccc2cc1C(=O)N1CCC[C@H](n2ccnc2)C1. The van der Waals surface area contributed by atoms with Crippen molar-refractivity contribution in [2.45, 2.75) is 18.9 Å². The van der Waals surface area contributed by atoms with E-state index in [0.717, 1.165) is 30.2 Å². The van der Waals surface area contributed by atoms with Gasteiger partial charge in [0.25, 0.3) is 5.91 Å². The van der Waals surface area contributed by atoms with Crippen molar-refractivity contribution in [2.75, 3.05) is 20.2 Å². The van der Waals surface area contributed by atoms with E-state index in [9.17, 15) is 4.79 Å². The van der Waals surface area contributed by atoms with Gasteiger partial charge in [0.2, 0.25) is 0 Å². The van der Waals surface area contributed by atoms with Crippen LogP contribution in [0.1, 0.15) is 29.2 Å². The zero-order valence-electron chi connectivity index (χ0n) is 14.3. The number of rotatable bonds is 3. The van der Waals surface area contributed by atoms with E-state index in [1.54, 1.807) is 13.3 Å². The average Bonchev–Trinajstić information content (AvgIpc) is 3.21. The fourth-order valence-electron chi connectivity index (χ4n) is 3.59. The van der Waals surface area contributed by atoms with E-state index in [0.29, 0.717) is 17.9 Å². The van der Waals surface area contributed by atoms with E-state index in [4.69, 9.17) is 4.74 Å². The molecule has 1 fully saturated rings. The van der Waals surface area contributed by atoms with Crippen LogP contribution in [0.3, 0.4) is 0 Å². The van der Waals surface area contributed by atoms with Gasteiger partial charge in [0.15, 0.2) is 0 Å². The first-order chi connectivity index (χ1) is 12.3. The molecule has 0 unspecified atom stereocenters. The number of ether oxygens (including phenoxy) is 1. The summed E-state index contributed by atoms with van der Waals surface area (Å²) >= 11 is 0. The second kappa shape index (κ2) is 6.59. The molecule has 0 radical (unpaired) electrons. The number of carbonyl (C=O) groups excluding carboxylic acids is 1. The maximum Gasteiger partial charge on any atom is 0.257 e. The maximum absolute atomic E-state index is 13.2. The molecule has 0 bridgehead atoms. The number of hydrogen-bond donors (Lipinski definition) is 0. The van der Waals surface area contributed by atoms with Gasteiger partial charge in [0.1, 0.15) is 5.75 Å². The maximum atomic E-state index is 13.2. The lowest BCUT2D eigenvalue weighted by atomic mass is 10.0. The minimum absolute atomic E-state index is 0.0346. The third-order valence-corrected chi connectivity index (χ3v) is 4.93. The minimum atomic E-state index is 0.0346. The first-order valence-electron chi connectivity index (χ1n) is 8.60. The molecule has 4 rings (SSSR count). The number of aromatic nitrogens is 2. The summed E-state index contributed by atoms with van der Waals surface area (Å²) in [6, 6.07) is 12.2. The van der Waals surface area contributed by atoms with Gasteiger partial charge < -0.3 is 14.2 Å². The fourth-order valence-corrected chi connectivity index (χ4v) is 3.59. The number of hydrogen-bond acceptors (Lipinski definition) is 3. The molecule has 1 aliphatic heterocycles. The summed E-state index contributed by atoms with van der Waals surface area (Å²) < 4.78 is 7.60. The van der Waals surface area contributed by atoms with Crippen LogP contribution >= 0.6 is 0 Å². The molecule has 3 aromatic rings. The summed E-state index contributed by atoms with van der Waals surface area (Å²) in [6.07, 6.45) is 7.64. The number of likely N-dealkylation sites (tertiary alicyclic amines) is 1. The Hall–Kier alpha value is -2.82. The monoisotopic (exact) mass is 335 g/mol. The van der Waals surface area contributed by atoms with Crippen LogP contribution in [0.2, 0.25) is 0 Å². The standard InChI is InChI=1S/C20H21N3O2/c1-25-19-12-16-6-3-2-5-15(16)11-18(19)20(24)22-9-4-7-17(13-22)23-10-8-21-14-23/h2-3,5-6,8,10-12,14,17H,4,7,9,13H2,1H3/t17-/m0/s1. The van der Waals surface area contributed by atoms with E-state index >= 15 is 0 Å². The Morgan fingerprint density at radius 3 is 2.76 bits per heavy atom. The van der Waals surface area contributed by atoms with Crippen LogP contribution < -0.4 is 4.74 Å². The molecule has 25 heavy (non-hydrogen) atoms. The van der Waals surface area contributed by atoms with E-state index in [1.165, 1.54) is 0 Å². The molecule has 0 aliphatic carbocycles. The smallest absolute Gasteiger partial charge is 0.257 e. The van der Waals surface area contributed by atoms with Crippen LogP contribution in [-0.4, -0.2) is 40.6 Å². The molecule has 5 heteroatoms. The fraction of sp³-hybridized carbons (Fsp3) is 0.300. The molecule has 0 N–H and O–H groups in total. The number of methoxy groups -OCH3 is 1. The van der Waals surface area contributed by atoms with Crippen molar-refractivity contribution in [2.24, 2.45) is 0 Å². The number of piperidine rings is 1. The van der Waals surface area contributed by atoms with Crippen molar-refractivity contribution in [1.82, 2.24) is 14.5 Å². The molecule has 5 nitrogen and oxygen atoms in total. The van der Waals surface area contributed by atoms with Crippen molar-refractivity contribution in [3.05, 3.63) is 60.7 Å². The van der Waals surface area contributed by atoms with Crippen molar-refractivity contribution < 1.29 is 9.53 Å². The summed E-state index contributed by atoms with van der Waals surface area (Å²) in [4.78, 5) is 19.2. The first-order valence-corrected chi connectivity index (χ1v) is 8.60. The van der Waals surface area contributed by atoms with Crippen molar-refractivity contribution in [3.8, 4) is 5.75 Å². The number of carbonyl (C=O) groups is 1. The lowest BCUT2D eigenvalue weighted by Gasteiger charge is -2.33. The molecule has 2 aromatic carbocycles. The lowest BCUT2D eigenvalue weighted by molar-refractivity contribution is 0.0676. The van der Waals surface area contributed by atoms with E-state index in [1.807, 2.05) is 53.8 Å². The highest BCUT2D eigenvalue weighted by molar-refractivity contribution is 6.01. The average molecular weight is 335 g/mol. The molecule has 0 saturated carbocycles. The predicted molar refractivity (Wildman–Crippen MR) is 96.9 cm³/mol. The van der Waals surface area contributed by atoms with E-state index in [2.05, 4.69) is 9.55 Å². The highest BCUT2D eigenvalue weighted by Gasteiger charge is 2.27. The molecule has 128 valence electrons. The highest BCUT2D eigenvalue weighted by atomic mass is 16.5. The molecule has 1 saturated heterocycles. The first kappa shape index (κ1) is 15.7. The van der Waals surface area contributed by atoms with Gasteiger partial charge in [-0.25, -0.2) is 4.98 Å². The van der Waals surface area contributed by atoms with Gasteiger partial charge in [-0.3, -0.25) is 4.79 Å². The zero-order chi connectivity index (χ0) is 17.2. The summed E-state index contributed by atoms with van der Waals surface area (Å²) in [7, 11) is 1.62. The van der Waals surface area contributed by atoms with Crippen LogP contribution in [0.25, 0.3) is 10.8 Å². The normalized spacial score (nSPS) is 17.6. The molecule has 1 amide bonds. The topological polar surface area (TPSA) is 47.4 Å². The number of benzene rings is 2. The molecule has 1 atom stereocenters. The van der Waals surface area contributed by atoms with Crippen molar-refractivity contribution >= 4 is 16.7 Å². The highest BCUT2D eigenvalue weighted by Crippen LogP contribution is 2.29. The Morgan fingerprint density at radius 1 is 1.24 bits per heavy atom. The number of amides is 1. The molecule has 2 heterocycles. The van der Waals surface area contributed by atoms with Crippen molar-refractivity contribution in [1.29, 1.82) is 0 Å². The Kier molecular flexibility index (Phi) is 4.14. The molecule has 1 aromatic heterocycles. The van der Waals surface area contributed by atoms with Crippen LogP contribution in [0, 0.1) is 0 Å². The third-order valence-electron chi connectivity index (χ3n) is 4.93. The van der Waals surface area contributed by atoms with Gasteiger partial charge in [-0.1, -0.05) is 24.3 Å². The third kappa shape index (κ3) is 2.97. The zero-order valence-corrected chi connectivity index (χ0v) is 14.3. The van der Waals surface area contributed by atoms with Gasteiger partial charge in [0.05, 0.1) is 25.0 Å². The van der Waals surface area contributed by atoms with Crippen molar-refractivity contribution in [3.63, 3.8) is 0 Å². The minimum Gasteiger partial charge on any atom is -0.496 e. The van der Waals surface area contributed by atoms with Gasteiger partial charge >= 0.3 is 0 Å². The molecular weight excluding hydrogens is 314 g/mol. The van der Waals surface area contributed by atoms with Gasteiger partial charge in [-0.2, -0.15) is 0 Å². The van der Waals surface area contributed by atoms with E-state index < -0.39 is 0 Å². The van der Waals surface area contributed by atoms with Crippen LogP contribution in [-0.2, 0) is 0 Å². The summed E-state index contributed by atoms with van der Waals surface area (Å²) in [5.41, 5.74) is 0.632. The van der Waals surface area contributed by atoms with Crippen LogP contribution in [0.15, 0.2) is 55.1 Å². The second-order valence-electron chi connectivity index (χ2n) is 6.46. The predicted octanol–water partition coefficient (Wildman–Crippen LogP) is 3.52. The summed E-state index contributed by atoms with van der Waals surface area (Å²) in [5, 5.41) is 2.13. The Morgan fingerprint density at radius 2 is 2.04 bits per heavy atom. The molecular formula is C20H21N3O2. The Labute approximate surface area is 146 Å². The van der Waals surface area contributed by atoms with Crippen LogP contribution in [0.4, 0.5) is 0 Å². The largest absolute Gasteiger partial charge is 0.496 e. The number of nitrogens with zero attached hydrogens (tertiary/aromatic N) is 3. The Balaban J connectivity index is 1.64. The number of imidazole rings is 1. The Bertz CT molecular complexity index is 889. The lowest BCUT2D eigenvalue weighted by Crippen LogP contribution is -2.40. The van der Waals surface area contributed by atoms with Gasteiger partial charge in [0, 0.05) is 25.5 Å². The van der Waals surface area contributed by atoms with Crippen LogP contribution in [0.5, 0.6) is 5.75 Å².